The van der Waals surface area contributed by atoms with Gasteiger partial charge in [0.15, 0.2) is 0 Å². The molecule has 1 fully saturated rings. The van der Waals surface area contributed by atoms with Crippen molar-refractivity contribution in [2.75, 3.05) is 26.4 Å². The maximum atomic E-state index is 5.55. The molecule has 0 aromatic heterocycles. The molecule has 9 heteroatoms. The van der Waals surface area contributed by atoms with E-state index in [2.05, 4.69) is 0 Å². The van der Waals surface area contributed by atoms with Gasteiger partial charge in [-0.05, 0) is 51.3 Å². The van der Waals surface area contributed by atoms with Crippen molar-refractivity contribution in [2.24, 2.45) is 0 Å². The lowest BCUT2D eigenvalue weighted by Crippen LogP contribution is -2.03. The third-order valence-corrected chi connectivity index (χ3v) is 9.21. The van der Waals surface area contributed by atoms with Gasteiger partial charge in [-0.1, -0.05) is 38.5 Å². The predicted octanol–water partition coefficient (Wildman–Crippen LogP) is 5.94. The molecule has 0 unspecified atom stereocenters. The molecule has 0 spiro atoms. The first-order valence-electron chi connectivity index (χ1n) is 8.44. The SMILES string of the molecule is C1CCCCC1.CCOP(=S)(OCC)OP(=S)(OCC)OCC. The highest BCUT2D eigenvalue weighted by Gasteiger charge is 2.31. The average Bonchev–Trinajstić information content (AvgIpc) is 2.50. The second-order valence-electron chi connectivity index (χ2n) is 4.77. The Morgan fingerprint density at radius 1 is 0.565 bits per heavy atom. The summed E-state index contributed by atoms with van der Waals surface area (Å²) in [5.74, 6) is 0. The molecule has 0 bridgehead atoms. The first kappa shape index (κ1) is 24.1. The summed E-state index contributed by atoms with van der Waals surface area (Å²) < 4.78 is 26.9. The minimum Gasteiger partial charge on any atom is -0.309 e. The fourth-order valence-electron chi connectivity index (χ4n) is 1.98. The molecule has 0 radical (unpaired) electrons. The van der Waals surface area contributed by atoms with Crippen LogP contribution in [-0.2, 0) is 46.0 Å². The normalized spacial score (nSPS) is 15.8. The first-order valence-corrected chi connectivity index (χ1v) is 13.6. The highest BCUT2D eigenvalue weighted by Crippen LogP contribution is 2.66. The summed E-state index contributed by atoms with van der Waals surface area (Å²) >= 11 is 10.4. The van der Waals surface area contributed by atoms with E-state index in [9.17, 15) is 0 Å². The average molecular weight is 406 g/mol. The van der Waals surface area contributed by atoms with E-state index in [-0.39, 0.29) is 0 Å². The quantitative estimate of drug-likeness (QED) is 0.416. The molecule has 0 atom stereocenters. The largest absolute Gasteiger partial charge is 0.334 e. The molecule has 1 saturated carbocycles. The Bertz CT molecular complexity index is 319. The van der Waals surface area contributed by atoms with E-state index in [0.717, 1.165) is 0 Å². The number of rotatable bonds is 10. The van der Waals surface area contributed by atoms with E-state index in [1.54, 1.807) is 0 Å². The second-order valence-corrected chi connectivity index (χ2v) is 10.9. The van der Waals surface area contributed by atoms with Crippen LogP contribution in [0.5, 0.6) is 0 Å². The fourth-order valence-corrected chi connectivity index (χ4v) is 8.36. The Morgan fingerprint density at radius 3 is 0.957 bits per heavy atom. The topological polar surface area (TPSA) is 46.2 Å². The molecule has 0 saturated heterocycles. The Morgan fingerprint density at radius 2 is 0.783 bits per heavy atom. The lowest BCUT2D eigenvalue weighted by molar-refractivity contribution is 0.176. The van der Waals surface area contributed by atoms with E-state index in [1.165, 1.54) is 38.5 Å². The smallest absolute Gasteiger partial charge is 0.309 e. The highest BCUT2D eigenvalue weighted by molar-refractivity contribution is 8.14. The van der Waals surface area contributed by atoms with Crippen LogP contribution in [0, 0.1) is 0 Å². The van der Waals surface area contributed by atoms with Gasteiger partial charge >= 0.3 is 13.4 Å². The summed E-state index contributed by atoms with van der Waals surface area (Å²) in [7, 11) is 0. The molecule has 0 N–H and O–H groups in total. The molecule has 1 aliphatic carbocycles. The zero-order valence-corrected chi connectivity index (χ0v) is 18.2. The van der Waals surface area contributed by atoms with Crippen LogP contribution in [0.2, 0.25) is 0 Å². The molecule has 0 aliphatic heterocycles. The van der Waals surface area contributed by atoms with Crippen LogP contribution in [0.3, 0.4) is 0 Å². The summed E-state index contributed by atoms with van der Waals surface area (Å²) in [6.07, 6.45) is 9.00. The minimum absolute atomic E-state index is 0.394. The standard InChI is InChI=1S/C8H20O5P2S2.C6H12/c1-5-9-14(16,10-6-2)13-15(17,11-7-3)12-8-4;1-2-4-6-5-3-1/h5-8H2,1-4H3;1-6H2. The van der Waals surface area contributed by atoms with E-state index < -0.39 is 13.4 Å². The van der Waals surface area contributed by atoms with Gasteiger partial charge in [-0.3, -0.25) is 0 Å². The van der Waals surface area contributed by atoms with Gasteiger partial charge in [0, 0.05) is 0 Å². The Balaban J connectivity index is 0.000000664. The Labute approximate surface area is 152 Å². The molecule has 0 amide bonds. The van der Waals surface area contributed by atoms with Crippen LogP contribution >= 0.6 is 13.4 Å². The predicted molar refractivity (Wildman–Crippen MR) is 104 cm³/mol. The molecule has 0 heterocycles. The molecular weight excluding hydrogens is 374 g/mol. The third-order valence-electron chi connectivity index (χ3n) is 2.85. The summed E-state index contributed by atoms with van der Waals surface area (Å²) in [4.78, 5) is 0. The molecule has 1 aliphatic rings. The van der Waals surface area contributed by atoms with Gasteiger partial charge in [0.05, 0.1) is 26.4 Å². The molecule has 0 aromatic rings. The van der Waals surface area contributed by atoms with Crippen molar-refractivity contribution in [3.8, 4) is 0 Å². The van der Waals surface area contributed by atoms with Crippen molar-refractivity contribution in [1.29, 1.82) is 0 Å². The Kier molecular flexibility index (Phi) is 15.0. The summed E-state index contributed by atoms with van der Waals surface area (Å²) in [6, 6.07) is 0. The van der Waals surface area contributed by atoms with Gasteiger partial charge in [-0.2, -0.15) is 0 Å². The Hall–Kier alpha value is 1.10. The van der Waals surface area contributed by atoms with Crippen LogP contribution in [0.25, 0.3) is 0 Å². The fraction of sp³-hybridized carbons (Fsp3) is 1.00. The molecule has 23 heavy (non-hydrogen) atoms. The van der Waals surface area contributed by atoms with Crippen LogP contribution in [0.1, 0.15) is 66.2 Å². The van der Waals surface area contributed by atoms with Gasteiger partial charge in [-0.25, -0.2) is 4.31 Å². The van der Waals surface area contributed by atoms with Crippen molar-refractivity contribution in [2.45, 2.75) is 66.2 Å². The van der Waals surface area contributed by atoms with Crippen LogP contribution in [-0.4, -0.2) is 26.4 Å². The molecule has 5 nitrogen and oxygen atoms in total. The van der Waals surface area contributed by atoms with Gasteiger partial charge in [0.1, 0.15) is 0 Å². The van der Waals surface area contributed by atoms with Crippen molar-refractivity contribution in [1.82, 2.24) is 0 Å². The minimum atomic E-state index is -2.87. The molecule has 1 rings (SSSR count). The van der Waals surface area contributed by atoms with Crippen LogP contribution in [0.4, 0.5) is 0 Å². The summed E-state index contributed by atoms with van der Waals surface area (Å²) in [6.45, 7) is 3.09. The third kappa shape index (κ3) is 12.1. The lowest BCUT2D eigenvalue weighted by atomic mass is 10.0. The van der Waals surface area contributed by atoms with Crippen LogP contribution in [0.15, 0.2) is 0 Å². The monoisotopic (exact) mass is 406 g/mol. The van der Waals surface area contributed by atoms with Gasteiger partial charge in [0.2, 0.25) is 0 Å². The van der Waals surface area contributed by atoms with Crippen molar-refractivity contribution >= 4 is 37.1 Å². The molecule has 0 aromatic carbocycles. The number of hydrogen-bond donors (Lipinski definition) is 0. The van der Waals surface area contributed by atoms with Crippen molar-refractivity contribution in [3.05, 3.63) is 0 Å². The molecule has 140 valence electrons. The van der Waals surface area contributed by atoms with Gasteiger partial charge in [0.25, 0.3) is 0 Å². The number of hydrogen-bond acceptors (Lipinski definition) is 7. The summed E-state index contributed by atoms with van der Waals surface area (Å²) in [5, 5.41) is 0. The summed E-state index contributed by atoms with van der Waals surface area (Å²) in [5.41, 5.74) is 0. The van der Waals surface area contributed by atoms with Crippen molar-refractivity contribution in [3.63, 3.8) is 0 Å². The zero-order chi connectivity index (χ0) is 17.6. The van der Waals surface area contributed by atoms with E-state index in [0.29, 0.717) is 26.4 Å². The van der Waals surface area contributed by atoms with E-state index in [1.807, 2.05) is 27.7 Å². The molecular formula is C14H32O5P2S2. The maximum absolute atomic E-state index is 5.55. The highest BCUT2D eigenvalue weighted by atomic mass is 32.5. The lowest BCUT2D eigenvalue weighted by Gasteiger charge is -2.27. The van der Waals surface area contributed by atoms with Crippen LogP contribution < -0.4 is 0 Å². The second kappa shape index (κ2) is 14.3. The van der Waals surface area contributed by atoms with E-state index >= 15 is 0 Å². The van der Waals surface area contributed by atoms with E-state index in [4.69, 9.17) is 46.0 Å². The van der Waals surface area contributed by atoms with Crippen molar-refractivity contribution < 1.29 is 22.4 Å². The van der Waals surface area contributed by atoms with Gasteiger partial charge < -0.3 is 18.1 Å². The first-order chi connectivity index (χ1) is 10.9. The zero-order valence-electron chi connectivity index (χ0n) is 14.8. The van der Waals surface area contributed by atoms with Gasteiger partial charge in [-0.15, -0.1) is 0 Å². The maximum Gasteiger partial charge on any atom is 0.334 e.